The number of carbonyl (C=O) groups is 2. The van der Waals surface area contributed by atoms with Crippen molar-refractivity contribution >= 4 is 34.5 Å². The molecule has 0 aromatic carbocycles. The van der Waals surface area contributed by atoms with Gasteiger partial charge in [-0.15, -0.1) is 0 Å². The van der Waals surface area contributed by atoms with Gasteiger partial charge in [0, 0.05) is 18.9 Å². The van der Waals surface area contributed by atoms with E-state index in [0.717, 1.165) is 42.1 Å². The third-order valence-electron chi connectivity index (χ3n) is 9.21. The maximum Gasteiger partial charge on any atom is 0.261 e. The molecule has 5 nitrogen and oxygen atoms in total. The van der Waals surface area contributed by atoms with Crippen molar-refractivity contribution in [3.05, 3.63) is 10.5 Å². The fourth-order valence-electron chi connectivity index (χ4n) is 8.03. The van der Waals surface area contributed by atoms with Crippen LogP contribution in [0.25, 0.3) is 0 Å². The van der Waals surface area contributed by atoms with Crippen LogP contribution in [0.1, 0.15) is 90.4 Å². The van der Waals surface area contributed by atoms with Crippen molar-refractivity contribution in [2.75, 3.05) is 0 Å². The summed E-state index contributed by atoms with van der Waals surface area (Å²) in [5.74, 6) is 3.01. The Hall–Kier alpha value is -1.43. The van der Waals surface area contributed by atoms with Gasteiger partial charge in [-0.2, -0.15) is 4.99 Å². The molecule has 32 heavy (non-hydrogen) atoms. The molecule has 1 N–H and O–H groups in total. The van der Waals surface area contributed by atoms with Gasteiger partial charge >= 0.3 is 0 Å². The number of nitrogens with one attached hydrogen (secondary N) is 1. The summed E-state index contributed by atoms with van der Waals surface area (Å²) in [6, 6.07) is 0.235. The number of amides is 2. The van der Waals surface area contributed by atoms with E-state index in [0.29, 0.717) is 24.1 Å². The molecule has 4 fully saturated rings. The summed E-state index contributed by atoms with van der Waals surface area (Å²) in [6.45, 7) is 2.23. The molecule has 5 aliphatic carbocycles. The Morgan fingerprint density at radius 1 is 1.06 bits per heavy atom. The largest absolute Gasteiger partial charge is 0.353 e. The summed E-state index contributed by atoms with van der Waals surface area (Å²) in [5, 5.41) is 4.25. The third kappa shape index (κ3) is 3.70. The van der Waals surface area contributed by atoms with Gasteiger partial charge in [-0.1, -0.05) is 18.2 Å². The number of nitrogens with zero attached hydrogens (tertiary/aromatic N) is 2. The zero-order valence-electron chi connectivity index (χ0n) is 19.2. The molecule has 0 saturated heterocycles. The van der Waals surface area contributed by atoms with E-state index in [1.165, 1.54) is 61.8 Å². The number of aliphatic imine (C=N–C) groups is 2. The normalized spacial score (nSPS) is 38.6. The van der Waals surface area contributed by atoms with Crippen LogP contribution in [-0.4, -0.2) is 28.7 Å². The minimum atomic E-state index is -0.221. The lowest BCUT2D eigenvalue weighted by Gasteiger charge is -2.59. The zero-order chi connectivity index (χ0) is 21.9. The Morgan fingerprint density at radius 3 is 2.47 bits per heavy atom. The first-order valence-electron chi connectivity index (χ1n) is 12.9. The van der Waals surface area contributed by atoms with Crippen molar-refractivity contribution in [1.82, 2.24) is 5.32 Å². The predicted molar refractivity (Wildman–Crippen MR) is 129 cm³/mol. The Bertz CT molecular complexity index is 898. The summed E-state index contributed by atoms with van der Waals surface area (Å²) in [5.41, 5.74) is 1.60. The average Bonchev–Trinajstić information content (AvgIpc) is 2.93. The molecule has 0 aromatic rings. The highest BCUT2D eigenvalue weighted by molar-refractivity contribution is 8.17. The molecule has 0 spiro atoms. The van der Waals surface area contributed by atoms with Gasteiger partial charge in [-0.3, -0.25) is 9.59 Å². The summed E-state index contributed by atoms with van der Waals surface area (Å²) < 4.78 is 0. The summed E-state index contributed by atoms with van der Waals surface area (Å²) in [4.78, 5) is 36.1. The molecule has 2 atom stereocenters. The van der Waals surface area contributed by atoms with Crippen LogP contribution in [-0.2, 0) is 9.59 Å². The van der Waals surface area contributed by atoms with Crippen molar-refractivity contribution in [1.29, 1.82) is 0 Å². The molecule has 7 aliphatic rings. The number of thioether (sulfide) groups is 1. The van der Waals surface area contributed by atoms with Crippen LogP contribution in [0.2, 0.25) is 0 Å². The molecule has 4 bridgehead atoms. The number of amidine groups is 1. The number of hydrogen-bond acceptors (Lipinski definition) is 4. The quantitative estimate of drug-likeness (QED) is 0.605. The van der Waals surface area contributed by atoms with Crippen LogP contribution in [0, 0.1) is 29.1 Å². The maximum absolute atomic E-state index is 12.8. The Labute approximate surface area is 195 Å². The number of rotatable bonds is 5. The second-order valence-electron chi connectivity index (χ2n) is 11.4. The second kappa shape index (κ2) is 8.11. The van der Waals surface area contributed by atoms with Gasteiger partial charge in [0.25, 0.3) is 5.91 Å². The number of allylic oxidation sites excluding steroid dienone is 1. The highest BCUT2D eigenvalue weighted by Gasteiger charge is 2.53. The Morgan fingerprint density at radius 2 is 1.75 bits per heavy atom. The zero-order valence-corrected chi connectivity index (χ0v) is 20.0. The minimum absolute atomic E-state index is 0.0632. The molecular formula is C26H35N3O2S. The van der Waals surface area contributed by atoms with E-state index in [1.807, 2.05) is 0 Å². The molecule has 2 unspecified atom stereocenters. The molecule has 0 radical (unpaired) electrons. The first-order valence-corrected chi connectivity index (χ1v) is 13.7. The fourth-order valence-corrected chi connectivity index (χ4v) is 9.39. The number of carbonyl (C=O) groups excluding carboxylic acids is 2. The topological polar surface area (TPSA) is 70.9 Å². The predicted octanol–water partition coefficient (Wildman–Crippen LogP) is 5.41. The van der Waals surface area contributed by atoms with E-state index < -0.39 is 0 Å². The van der Waals surface area contributed by atoms with Gasteiger partial charge in [0.15, 0.2) is 0 Å². The highest BCUT2D eigenvalue weighted by atomic mass is 32.2. The van der Waals surface area contributed by atoms with Gasteiger partial charge in [0.05, 0.1) is 5.04 Å². The van der Waals surface area contributed by atoms with Crippen molar-refractivity contribution < 1.29 is 9.59 Å². The highest BCUT2D eigenvalue weighted by Crippen LogP contribution is 2.61. The summed E-state index contributed by atoms with van der Waals surface area (Å²) >= 11 is 1.70. The molecule has 2 heterocycles. The molecule has 2 amide bonds. The van der Waals surface area contributed by atoms with Crippen LogP contribution in [0.4, 0.5) is 0 Å². The summed E-state index contributed by atoms with van der Waals surface area (Å²) in [6.07, 6.45) is 14.7. The maximum atomic E-state index is 12.8. The van der Waals surface area contributed by atoms with E-state index in [9.17, 15) is 9.59 Å². The molecule has 172 valence electrons. The first-order chi connectivity index (χ1) is 15.5. The smallest absolute Gasteiger partial charge is 0.261 e. The number of hydrogen-bond donors (Lipinski definition) is 1. The van der Waals surface area contributed by atoms with E-state index >= 15 is 0 Å². The molecular weight excluding hydrogens is 418 g/mol. The van der Waals surface area contributed by atoms with Crippen LogP contribution >= 0.6 is 11.8 Å². The van der Waals surface area contributed by atoms with Gasteiger partial charge in [0.2, 0.25) is 5.91 Å². The molecule has 4 saturated carbocycles. The lowest BCUT2D eigenvalue weighted by Crippen LogP contribution is -2.55. The standard InChI is InChI=1S/C26H35N3O2S/c1-15(26-12-16-9-17(13-26)11-18(10-16)14-26)27-22(30)8-7-21-28-24(31)23-19-5-3-2-4-6-20(19)32-25(23)29-21/h15-18,23H,2-14H2,1H3,(H,27,30). The van der Waals surface area contributed by atoms with E-state index in [1.54, 1.807) is 11.8 Å². The minimum Gasteiger partial charge on any atom is -0.353 e. The van der Waals surface area contributed by atoms with E-state index in [2.05, 4.69) is 17.2 Å². The number of fused-ring (bicyclic) bond motifs is 2. The Balaban J connectivity index is 1.06. The van der Waals surface area contributed by atoms with Crippen molar-refractivity contribution in [2.24, 2.45) is 39.1 Å². The van der Waals surface area contributed by atoms with E-state index in [4.69, 9.17) is 4.99 Å². The third-order valence-corrected chi connectivity index (χ3v) is 10.5. The van der Waals surface area contributed by atoms with Crippen LogP contribution in [0.5, 0.6) is 0 Å². The van der Waals surface area contributed by atoms with E-state index in [-0.39, 0.29) is 23.8 Å². The van der Waals surface area contributed by atoms with Crippen LogP contribution in [0.15, 0.2) is 20.5 Å². The van der Waals surface area contributed by atoms with Gasteiger partial charge in [0.1, 0.15) is 11.8 Å². The first kappa shape index (κ1) is 21.1. The van der Waals surface area contributed by atoms with Crippen molar-refractivity contribution in [2.45, 2.75) is 96.4 Å². The van der Waals surface area contributed by atoms with Crippen molar-refractivity contribution in [3.63, 3.8) is 0 Å². The van der Waals surface area contributed by atoms with Crippen molar-refractivity contribution in [3.8, 4) is 0 Å². The SMILES string of the molecule is CC(NC(=O)CCC1=NC(=O)C2C(=N1)SC1=C2CCCCC1)C12CC3CC(CC(C3)C1)C2. The average molecular weight is 454 g/mol. The second-order valence-corrected chi connectivity index (χ2v) is 12.5. The molecule has 2 aliphatic heterocycles. The molecule has 0 aromatic heterocycles. The Kier molecular flexibility index (Phi) is 5.35. The molecule has 6 heteroatoms. The fraction of sp³-hybridized carbons (Fsp3) is 0.769. The van der Waals surface area contributed by atoms with Gasteiger partial charge < -0.3 is 5.32 Å². The monoisotopic (exact) mass is 453 g/mol. The lowest BCUT2D eigenvalue weighted by molar-refractivity contribution is -0.125. The van der Waals surface area contributed by atoms with Gasteiger partial charge in [-0.25, -0.2) is 4.99 Å². The molecule has 7 rings (SSSR count). The van der Waals surface area contributed by atoms with Crippen LogP contribution < -0.4 is 5.32 Å². The summed E-state index contributed by atoms with van der Waals surface area (Å²) in [7, 11) is 0. The lowest BCUT2D eigenvalue weighted by atomic mass is 9.48. The van der Waals surface area contributed by atoms with Crippen LogP contribution in [0.3, 0.4) is 0 Å². The van der Waals surface area contributed by atoms with Gasteiger partial charge in [-0.05, 0) is 105 Å².